The lowest BCUT2D eigenvalue weighted by atomic mass is 10.0. The number of hydrogen-bond donors (Lipinski definition) is 1. The van der Waals surface area contributed by atoms with Crippen molar-refractivity contribution in [3.05, 3.63) is 0 Å². The summed E-state index contributed by atoms with van der Waals surface area (Å²) in [5, 5.41) is 3.59. The molecule has 0 aromatic heterocycles. The first kappa shape index (κ1) is 13.9. The Morgan fingerprint density at radius 3 is 2.62 bits per heavy atom. The van der Waals surface area contributed by atoms with Crippen LogP contribution in [0.4, 0.5) is 0 Å². The minimum Gasteiger partial charge on any atom is -0.379 e. The van der Waals surface area contributed by atoms with E-state index in [2.05, 4.69) is 24.1 Å². The van der Waals surface area contributed by atoms with Crippen LogP contribution in [0, 0.1) is 5.92 Å². The Bertz CT molecular complexity index is 151. The zero-order chi connectivity index (χ0) is 11.6. The minimum atomic E-state index is 0.870. The fourth-order valence-corrected chi connectivity index (χ4v) is 2.23. The van der Waals surface area contributed by atoms with Gasteiger partial charge in [-0.25, -0.2) is 0 Å². The molecule has 0 saturated carbocycles. The third-order valence-electron chi connectivity index (χ3n) is 3.42. The minimum absolute atomic E-state index is 0.870. The third-order valence-corrected chi connectivity index (χ3v) is 3.42. The number of rotatable bonds is 8. The Morgan fingerprint density at radius 2 is 2.00 bits per heavy atom. The lowest BCUT2D eigenvalue weighted by molar-refractivity contribution is 0.0383. The molecule has 0 aromatic carbocycles. The molecule has 1 N–H and O–H groups in total. The van der Waals surface area contributed by atoms with Gasteiger partial charge in [-0.15, -0.1) is 0 Å². The number of nitrogens with one attached hydrogen (secondary N) is 1. The van der Waals surface area contributed by atoms with E-state index < -0.39 is 0 Å². The molecule has 0 bridgehead atoms. The van der Waals surface area contributed by atoms with Crippen molar-refractivity contribution in [2.45, 2.75) is 33.1 Å². The van der Waals surface area contributed by atoms with Gasteiger partial charge in [0, 0.05) is 26.2 Å². The van der Waals surface area contributed by atoms with Gasteiger partial charge in [0.2, 0.25) is 0 Å². The summed E-state index contributed by atoms with van der Waals surface area (Å²) >= 11 is 0. The average molecular weight is 228 g/mol. The molecule has 1 rings (SSSR count). The Morgan fingerprint density at radius 1 is 1.25 bits per heavy atom. The van der Waals surface area contributed by atoms with Crippen LogP contribution >= 0.6 is 0 Å². The SMILES string of the molecule is CCCC(CC)CNCCN1CCOCC1. The summed E-state index contributed by atoms with van der Waals surface area (Å²) in [7, 11) is 0. The third kappa shape index (κ3) is 5.83. The molecule has 0 aromatic rings. The molecule has 1 fully saturated rings. The van der Waals surface area contributed by atoms with Gasteiger partial charge in [0.25, 0.3) is 0 Å². The first-order chi connectivity index (χ1) is 7.86. The molecular formula is C13H28N2O. The second-order valence-electron chi connectivity index (χ2n) is 4.72. The quantitative estimate of drug-likeness (QED) is 0.640. The van der Waals surface area contributed by atoms with E-state index in [4.69, 9.17) is 4.74 Å². The van der Waals surface area contributed by atoms with Gasteiger partial charge in [-0.2, -0.15) is 0 Å². The highest BCUT2D eigenvalue weighted by Gasteiger charge is 2.09. The van der Waals surface area contributed by atoms with Gasteiger partial charge < -0.3 is 10.1 Å². The van der Waals surface area contributed by atoms with Crippen LogP contribution in [-0.4, -0.2) is 50.8 Å². The average Bonchev–Trinajstić information content (AvgIpc) is 2.34. The predicted octanol–water partition coefficient (Wildman–Crippen LogP) is 1.73. The van der Waals surface area contributed by atoms with Crippen LogP contribution in [0.25, 0.3) is 0 Å². The molecule has 0 radical (unpaired) electrons. The van der Waals surface area contributed by atoms with Crippen LogP contribution in [0.2, 0.25) is 0 Å². The smallest absolute Gasteiger partial charge is 0.0594 e. The second kappa shape index (κ2) is 8.97. The van der Waals surface area contributed by atoms with Gasteiger partial charge in [0.15, 0.2) is 0 Å². The summed E-state index contributed by atoms with van der Waals surface area (Å²) in [4.78, 5) is 2.48. The molecule has 1 aliphatic heterocycles. The lowest BCUT2D eigenvalue weighted by Gasteiger charge is -2.26. The molecule has 0 spiro atoms. The van der Waals surface area contributed by atoms with Crippen molar-refractivity contribution in [3.8, 4) is 0 Å². The standard InChI is InChI=1S/C13H28N2O/c1-3-5-13(4-2)12-14-6-7-15-8-10-16-11-9-15/h13-14H,3-12H2,1-2H3. The Balaban J connectivity index is 1.97. The van der Waals surface area contributed by atoms with Crippen molar-refractivity contribution in [2.24, 2.45) is 5.92 Å². The molecule has 1 aliphatic rings. The van der Waals surface area contributed by atoms with Crippen molar-refractivity contribution in [1.29, 1.82) is 0 Å². The molecule has 3 heteroatoms. The van der Waals surface area contributed by atoms with Gasteiger partial charge in [-0.05, 0) is 18.9 Å². The van der Waals surface area contributed by atoms with Crippen LogP contribution in [0.1, 0.15) is 33.1 Å². The number of morpholine rings is 1. The topological polar surface area (TPSA) is 24.5 Å². The summed E-state index contributed by atoms with van der Waals surface area (Å²) < 4.78 is 5.33. The monoisotopic (exact) mass is 228 g/mol. The van der Waals surface area contributed by atoms with Crippen molar-refractivity contribution in [3.63, 3.8) is 0 Å². The van der Waals surface area contributed by atoms with E-state index in [0.717, 1.165) is 38.8 Å². The highest BCUT2D eigenvalue weighted by molar-refractivity contribution is 4.65. The molecule has 1 heterocycles. The fraction of sp³-hybridized carbons (Fsp3) is 1.00. The van der Waals surface area contributed by atoms with E-state index in [1.807, 2.05) is 0 Å². The van der Waals surface area contributed by atoms with Gasteiger partial charge in [-0.1, -0.05) is 26.7 Å². The molecule has 1 saturated heterocycles. The summed E-state index contributed by atoms with van der Waals surface area (Å²) in [6, 6.07) is 0. The number of ether oxygens (including phenoxy) is 1. The Hall–Kier alpha value is -0.120. The van der Waals surface area contributed by atoms with Crippen LogP contribution in [0.15, 0.2) is 0 Å². The van der Waals surface area contributed by atoms with E-state index in [0.29, 0.717) is 0 Å². The first-order valence-electron chi connectivity index (χ1n) is 6.87. The fourth-order valence-electron chi connectivity index (χ4n) is 2.23. The summed E-state index contributed by atoms with van der Waals surface area (Å²) in [6.07, 6.45) is 3.98. The van der Waals surface area contributed by atoms with Crippen molar-refractivity contribution in [1.82, 2.24) is 10.2 Å². The molecule has 16 heavy (non-hydrogen) atoms. The van der Waals surface area contributed by atoms with Crippen LogP contribution in [0.5, 0.6) is 0 Å². The van der Waals surface area contributed by atoms with E-state index >= 15 is 0 Å². The summed E-state index contributed by atoms with van der Waals surface area (Å²) in [5.74, 6) is 0.870. The van der Waals surface area contributed by atoms with Gasteiger partial charge >= 0.3 is 0 Å². The zero-order valence-electron chi connectivity index (χ0n) is 11.0. The maximum absolute atomic E-state index is 5.33. The van der Waals surface area contributed by atoms with Crippen LogP contribution in [0.3, 0.4) is 0 Å². The predicted molar refractivity (Wildman–Crippen MR) is 68.8 cm³/mol. The van der Waals surface area contributed by atoms with Gasteiger partial charge in [0.1, 0.15) is 0 Å². The van der Waals surface area contributed by atoms with Crippen LogP contribution < -0.4 is 5.32 Å². The molecule has 96 valence electrons. The molecule has 1 atom stereocenters. The lowest BCUT2D eigenvalue weighted by Crippen LogP contribution is -2.40. The maximum Gasteiger partial charge on any atom is 0.0594 e. The Kier molecular flexibility index (Phi) is 7.81. The molecule has 0 aliphatic carbocycles. The van der Waals surface area contributed by atoms with Gasteiger partial charge in [0.05, 0.1) is 13.2 Å². The van der Waals surface area contributed by atoms with Crippen molar-refractivity contribution < 1.29 is 4.74 Å². The maximum atomic E-state index is 5.33. The molecule has 0 amide bonds. The van der Waals surface area contributed by atoms with E-state index in [1.165, 1.54) is 32.4 Å². The van der Waals surface area contributed by atoms with Crippen molar-refractivity contribution in [2.75, 3.05) is 45.9 Å². The summed E-state index contributed by atoms with van der Waals surface area (Å²) in [6.45, 7) is 12.1. The highest BCUT2D eigenvalue weighted by Crippen LogP contribution is 2.08. The van der Waals surface area contributed by atoms with Crippen LogP contribution in [-0.2, 0) is 4.74 Å². The number of hydrogen-bond acceptors (Lipinski definition) is 3. The number of nitrogens with zero attached hydrogens (tertiary/aromatic N) is 1. The first-order valence-corrected chi connectivity index (χ1v) is 6.87. The van der Waals surface area contributed by atoms with Gasteiger partial charge in [-0.3, -0.25) is 4.90 Å². The second-order valence-corrected chi connectivity index (χ2v) is 4.72. The largest absolute Gasteiger partial charge is 0.379 e. The van der Waals surface area contributed by atoms with Crippen molar-refractivity contribution >= 4 is 0 Å². The van der Waals surface area contributed by atoms with E-state index in [1.54, 1.807) is 0 Å². The highest BCUT2D eigenvalue weighted by atomic mass is 16.5. The zero-order valence-corrected chi connectivity index (χ0v) is 11.0. The van der Waals surface area contributed by atoms with E-state index in [9.17, 15) is 0 Å². The molecule has 1 unspecified atom stereocenters. The van der Waals surface area contributed by atoms with E-state index in [-0.39, 0.29) is 0 Å². The molecule has 3 nitrogen and oxygen atoms in total. The Labute approximate surface area is 101 Å². The summed E-state index contributed by atoms with van der Waals surface area (Å²) in [5.41, 5.74) is 0. The molecular weight excluding hydrogens is 200 g/mol. The normalized spacial score (nSPS) is 19.9.